The van der Waals surface area contributed by atoms with Gasteiger partial charge in [-0.05, 0) is 38.1 Å². The highest BCUT2D eigenvalue weighted by atomic mass is 32.2. The summed E-state index contributed by atoms with van der Waals surface area (Å²) >= 11 is 1.56. The molecular formula is C16H14N4OS. The smallest absolute Gasteiger partial charge is 0.208 e. The minimum Gasteiger partial charge on any atom is -0.483 e. The standard InChI is InChI=1S/C16H14N4OS/c1-16(2)8-13(20-5-6-22-15(20)19-10-18)12-7-11(9-17)3-4-14(12)21-16/h3-4,7-8H,5-6H2,1-2H3/b19-15+. The number of aliphatic imine (C=N–C) groups is 1. The van der Waals surface area contributed by atoms with Crippen LogP contribution in [-0.2, 0) is 0 Å². The molecule has 0 saturated carbocycles. The van der Waals surface area contributed by atoms with E-state index in [1.807, 2.05) is 43.1 Å². The molecule has 0 amide bonds. The van der Waals surface area contributed by atoms with Crippen molar-refractivity contribution in [3.63, 3.8) is 0 Å². The van der Waals surface area contributed by atoms with Crippen molar-refractivity contribution in [2.45, 2.75) is 19.4 Å². The van der Waals surface area contributed by atoms with Gasteiger partial charge in [-0.25, -0.2) is 0 Å². The maximum Gasteiger partial charge on any atom is 0.208 e. The first kappa shape index (κ1) is 14.5. The van der Waals surface area contributed by atoms with Crippen molar-refractivity contribution in [3.05, 3.63) is 35.4 Å². The van der Waals surface area contributed by atoms with Crippen LogP contribution in [0.25, 0.3) is 5.70 Å². The maximum absolute atomic E-state index is 9.13. The summed E-state index contributed by atoms with van der Waals surface area (Å²) in [4.78, 5) is 5.93. The van der Waals surface area contributed by atoms with Gasteiger partial charge in [0.1, 0.15) is 11.4 Å². The van der Waals surface area contributed by atoms with Gasteiger partial charge in [-0.2, -0.15) is 10.5 Å². The number of hydrogen-bond donors (Lipinski definition) is 0. The second-order valence-corrected chi connectivity index (χ2v) is 6.61. The van der Waals surface area contributed by atoms with Crippen LogP contribution in [0, 0.1) is 22.8 Å². The summed E-state index contributed by atoms with van der Waals surface area (Å²) in [5, 5.41) is 18.7. The van der Waals surface area contributed by atoms with Crippen molar-refractivity contribution >= 4 is 22.6 Å². The van der Waals surface area contributed by atoms with Crippen molar-refractivity contribution in [1.82, 2.24) is 4.90 Å². The molecule has 3 rings (SSSR count). The molecule has 0 N–H and O–H groups in total. The van der Waals surface area contributed by atoms with E-state index >= 15 is 0 Å². The van der Waals surface area contributed by atoms with Gasteiger partial charge in [0.2, 0.25) is 6.19 Å². The van der Waals surface area contributed by atoms with Gasteiger partial charge < -0.3 is 9.64 Å². The zero-order valence-corrected chi connectivity index (χ0v) is 13.1. The summed E-state index contributed by atoms with van der Waals surface area (Å²) in [5.74, 6) is 1.63. The van der Waals surface area contributed by atoms with Crippen LogP contribution in [0.1, 0.15) is 25.0 Å². The summed E-state index contributed by atoms with van der Waals surface area (Å²) in [7, 11) is 0. The molecule has 1 aromatic rings. The second-order valence-electron chi connectivity index (χ2n) is 5.55. The van der Waals surface area contributed by atoms with Crippen LogP contribution in [0.15, 0.2) is 29.3 Å². The average Bonchev–Trinajstić information content (AvgIpc) is 2.93. The van der Waals surface area contributed by atoms with Gasteiger partial charge in [-0.15, -0.1) is 4.99 Å². The first-order valence-electron chi connectivity index (χ1n) is 6.87. The lowest BCUT2D eigenvalue weighted by Gasteiger charge is -2.34. The first-order valence-corrected chi connectivity index (χ1v) is 7.86. The van der Waals surface area contributed by atoms with Gasteiger partial charge in [0.05, 0.1) is 17.3 Å². The highest BCUT2D eigenvalue weighted by Gasteiger charge is 2.33. The second kappa shape index (κ2) is 5.40. The van der Waals surface area contributed by atoms with E-state index in [9.17, 15) is 0 Å². The van der Waals surface area contributed by atoms with Gasteiger partial charge in [0.25, 0.3) is 0 Å². The van der Waals surface area contributed by atoms with Crippen LogP contribution < -0.4 is 4.74 Å². The van der Waals surface area contributed by atoms with Crippen molar-refractivity contribution in [1.29, 1.82) is 10.5 Å². The van der Waals surface area contributed by atoms with Gasteiger partial charge in [-0.3, -0.25) is 0 Å². The molecule has 0 radical (unpaired) electrons. The number of hydrogen-bond acceptors (Lipinski definition) is 5. The minimum absolute atomic E-state index is 0.457. The topological polar surface area (TPSA) is 72.4 Å². The molecule has 1 saturated heterocycles. The highest BCUT2D eigenvalue weighted by Crippen LogP contribution is 2.40. The average molecular weight is 310 g/mol. The summed E-state index contributed by atoms with van der Waals surface area (Å²) in [5.41, 5.74) is 1.94. The number of thioether (sulfide) groups is 1. The number of rotatable bonds is 1. The maximum atomic E-state index is 9.13. The SMILES string of the molecule is CC1(C)C=C(N2CCS/C2=N/C#N)c2cc(C#N)ccc2O1. The molecule has 2 heterocycles. The van der Waals surface area contributed by atoms with E-state index in [4.69, 9.17) is 15.3 Å². The molecule has 0 aromatic heterocycles. The fourth-order valence-electron chi connectivity index (χ4n) is 2.59. The number of ether oxygens (including phenoxy) is 1. The van der Waals surface area contributed by atoms with Crippen molar-refractivity contribution < 1.29 is 4.74 Å². The Kier molecular flexibility index (Phi) is 3.56. The molecule has 2 aliphatic rings. The number of nitriles is 2. The van der Waals surface area contributed by atoms with E-state index in [1.54, 1.807) is 17.8 Å². The Morgan fingerprint density at radius 1 is 1.36 bits per heavy atom. The molecule has 1 aromatic carbocycles. The van der Waals surface area contributed by atoms with Crippen LogP contribution in [-0.4, -0.2) is 28.0 Å². The lowest BCUT2D eigenvalue weighted by molar-refractivity contribution is 0.156. The van der Waals surface area contributed by atoms with E-state index in [0.717, 1.165) is 29.3 Å². The number of nitrogens with zero attached hydrogens (tertiary/aromatic N) is 4. The summed E-state index contributed by atoms with van der Waals surface area (Å²) in [6.45, 7) is 4.75. The normalized spacial score (nSPS) is 20.6. The Morgan fingerprint density at radius 3 is 2.91 bits per heavy atom. The van der Waals surface area contributed by atoms with E-state index in [0.29, 0.717) is 10.7 Å². The van der Waals surface area contributed by atoms with Crippen molar-refractivity contribution in [3.8, 4) is 18.0 Å². The van der Waals surface area contributed by atoms with Crippen LogP contribution in [0.5, 0.6) is 5.75 Å². The minimum atomic E-state index is -0.457. The lowest BCUT2D eigenvalue weighted by atomic mass is 9.97. The van der Waals surface area contributed by atoms with E-state index in [2.05, 4.69) is 11.1 Å². The summed E-state index contributed by atoms with van der Waals surface area (Å²) < 4.78 is 5.98. The molecule has 0 atom stereocenters. The van der Waals surface area contributed by atoms with Gasteiger partial charge >= 0.3 is 0 Å². The molecule has 0 aliphatic carbocycles. The summed E-state index contributed by atoms with van der Waals surface area (Å²) in [6.07, 6.45) is 3.88. The molecule has 0 bridgehead atoms. The molecule has 2 aliphatic heterocycles. The molecule has 22 heavy (non-hydrogen) atoms. The van der Waals surface area contributed by atoms with Crippen LogP contribution >= 0.6 is 11.8 Å². The van der Waals surface area contributed by atoms with E-state index in [-0.39, 0.29) is 0 Å². The Morgan fingerprint density at radius 2 is 2.18 bits per heavy atom. The predicted molar refractivity (Wildman–Crippen MR) is 86.1 cm³/mol. The third-order valence-corrected chi connectivity index (χ3v) is 4.41. The Labute approximate surface area is 133 Å². The molecule has 0 unspecified atom stereocenters. The zero-order chi connectivity index (χ0) is 15.7. The Bertz CT molecular complexity index is 767. The van der Waals surface area contributed by atoms with Crippen molar-refractivity contribution in [2.75, 3.05) is 12.3 Å². The molecule has 5 nitrogen and oxygen atoms in total. The third-order valence-electron chi connectivity index (χ3n) is 3.46. The van der Waals surface area contributed by atoms with Gasteiger partial charge in [0.15, 0.2) is 5.17 Å². The molecule has 0 spiro atoms. The van der Waals surface area contributed by atoms with Crippen LogP contribution in [0.2, 0.25) is 0 Å². The summed E-state index contributed by atoms with van der Waals surface area (Å²) in [6, 6.07) is 7.56. The number of amidine groups is 1. The van der Waals surface area contributed by atoms with Crippen LogP contribution in [0.4, 0.5) is 0 Å². The number of benzene rings is 1. The molecule has 6 heteroatoms. The third kappa shape index (κ3) is 2.54. The molecule has 110 valence electrons. The van der Waals surface area contributed by atoms with Gasteiger partial charge in [0, 0.05) is 17.9 Å². The largest absolute Gasteiger partial charge is 0.483 e. The predicted octanol–water partition coefficient (Wildman–Crippen LogP) is 2.96. The van der Waals surface area contributed by atoms with E-state index < -0.39 is 5.60 Å². The number of fused-ring (bicyclic) bond motifs is 1. The molecule has 1 fully saturated rings. The highest BCUT2D eigenvalue weighted by molar-refractivity contribution is 8.14. The zero-order valence-electron chi connectivity index (χ0n) is 12.3. The van der Waals surface area contributed by atoms with E-state index in [1.165, 1.54) is 0 Å². The van der Waals surface area contributed by atoms with Crippen LogP contribution in [0.3, 0.4) is 0 Å². The lowest BCUT2D eigenvalue weighted by Crippen LogP contribution is -2.34. The van der Waals surface area contributed by atoms with Crippen molar-refractivity contribution in [2.24, 2.45) is 4.99 Å². The van der Waals surface area contributed by atoms with Gasteiger partial charge in [-0.1, -0.05) is 11.8 Å². The first-order chi connectivity index (χ1) is 10.5. The fraction of sp³-hybridized carbons (Fsp3) is 0.312. The fourth-order valence-corrected chi connectivity index (χ4v) is 3.50. The Hall–Kier alpha value is -2.44. The molecular weight excluding hydrogens is 296 g/mol. The quantitative estimate of drug-likeness (QED) is 0.746. The monoisotopic (exact) mass is 310 g/mol. The Balaban J connectivity index is 2.14.